The van der Waals surface area contributed by atoms with E-state index in [2.05, 4.69) is 42.8 Å². The molecule has 0 bridgehead atoms. The monoisotopic (exact) mass is 390 g/mol. The van der Waals surface area contributed by atoms with Gasteiger partial charge in [0, 0.05) is 36.2 Å². The molecule has 0 saturated carbocycles. The summed E-state index contributed by atoms with van der Waals surface area (Å²) in [4.78, 5) is 6.92. The summed E-state index contributed by atoms with van der Waals surface area (Å²) in [6, 6.07) is 14.0. The molecule has 5 rings (SSSR count). The number of piperidine rings is 1. The van der Waals surface area contributed by atoms with Crippen molar-refractivity contribution >= 4 is 28.8 Å². The van der Waals surface area contributed by atoms with Gasteiger partial charge in [0.05, 0.1) is 6.20 Å². The van der Waals surface area contributed by atoms with Crippen molar-refractivity contribution in [1.29, 1.82) is 0 Å². The first kappa shape index (κ1) is 17.5. The highest BCUT2D eigenvalue weighted by molar-refractivity contribution is 5.63. The van der Waals surface area contributed by atoms with Crippen LogP contribution in [0.3, 0.4) is 0 Å². The molecule has 0 spiro atoms. The van der Waals surface area contributed by atoms with E-state index in [0.717, 1.165) is 30.2 Å². The zero-order chi connectivity index (χ0) is 19.5. The minimum absolute atomic E-state index is 0.248. The summed E-state index contributed by atoms with van der Waals surface area (Å²) in [7, 11) is 0. The Morgan fingerprint density at radius 2 is 1.62 bits per heavy atom. The third-order valence-electron chi connectivity index (χ3n) is 5.05. The third kappa shape index (κ3) is 4.01. The van der Waals surface area contributed by atoms with Gasteiger partial charge in [-0.2, -0.15) is 10.1 Å². The van der Waals surface area contributed by atoms with Crippen molar-refractivity contribution in [2.45, 2.75) is 19.3 Å². The van der Waals surface area contributed by atoms with Gasteiger partial charge in [-0.05, 0) is 55.7 Å². The first-order chi connectivity index (χ1) is 14.3. The Labute approximate surface area is 168 Å². The topological polar surface area (TPSA) is 84.4 Å². The van der Waals surface area contributed by atoms with E-state index in [1.54, 1.807) is 6.20 Å². The number of anilines is 5. The van der Waals surface area contributed by atoms with Crippen LogP contribution in [0.1, 0.15) is 19.3 Å². The van der Waals surface area contributed by atoms with E-state index in [1.165, 1.54) is 24.9 Å². The Kier molecular flexibility index (Phi) is 4.73. The SMILES string of the molecule is c1cc2c(cc1Nc1cnnc(Nc3ccc(N4CCCCC4)cc3)n1)OCO2. The quantitative estimate of drug-likeness (QED) is 0.674. The highest BCUT2D eigenvalue weighted by atomic mass is 16.7. The molecule has 0 atom stereocenters. The molecule has 8 nitrogen and oxygen atoms in total. The highest BCUT2D eigenvalue weighted by Gasteiger charge is 2.14. The van der Waals surface area contributed by atoms with E-state index in [4.69, 9.17) is 9.47 Å². The van der Waals surface area contributed by atoms with Crippen LogP contribution < -0.4 is 25.0 Å². The van der Waals surface area contributed by atoms with Gasteiger partial charge in [-0.1, -0.05) is 0 Å². The summed E-state index contributed by atoms with van der Waals surface area (Å²) in [6.45, 7) is 2.51. The molecule has 2 aliphatic heterocycles. The van der Waals surface area contributed by atoms with Crippen molar-refractivity contribution in [3.05, 3.63) is 48.7 Å². The molecule has 1 fully saturated rings. The number of aromatic nitrogens is 3. The van der Waals surface area contributed by atoms with Gasteiger partial charge in [-0.25, -0.2) is 0 Å². The molecule has 2 aromatic carbocycles. The van der Waals surface area contributed by atoms with Crippen LogP contribution in [-0.4, -0.2) is 35.1 Å². The highest BCUT2D eigenvalue weighted by Crippen LogP contribution is 2.35. The molecule has 0 amide bonds. The maximum atomic E-state index is 5.41. The van der Waals surface area contributed by atoms with E-state index < -0.39 is 0 Å². The first-order valence-corrected chi connectivity index (χ1v) is 9.82. The van der Waals surface area contributed by atoms with Gasteiger partial charge in [-0.15, -0.1) is 5.10 Å². The van der Waals surface area contributed by atoms with Crippen molar-refractivity contribution in [3.8, 4) is 11.5 Å². The zero-order valence-corrected chi connectivity index (χ0v) is 16.0. The van der Waals surface area contributed by atoms with Crippen LogP contribution in [0.5, 0.6) is 11.5 Å². The van der Waals surface area contributed by atoms with Crippen molar-refractivity contribution < 1.29 is 9.47 Å². The smallest absolute Gasteiger partial charge is 0.249 e. The lowest BCUT2D eigenvalue weighted by Crippen LogP contribution is -2.29. The van der Waals surface area contributed by atoms with Crippen LogP contribution in [0.15, 0.2) is 48.7 Å². The third-order valence-corrected chi connectivity index (χ3v) is 5.05. The van der Waals surface area contributed by atoms with Gasteiger partial charge in [0.1, 0.15) is 0 Å². The average Bonchev–Trinajstić information content (AvgIpc) is 3.23. The number of hydrogen-bond acceptors (Lipinski definition) is 8. The Morgan fingerprint density at radius 3 is 2.48 bits per heavy atom. The van der Waals surface area contributed by atoms with E-state index in [1.807, 2.05) is 30.3 Å². The van der Waals surface area contributed by atoms with E-state index in [0.29, 0.717) is 17.5 Å². The van der Waals surface area contributed by atoms with Crippen LogP contribution in [0.4, 0.5) is 28.8 Å². The fourth-order valence-electron chi connectivity index (χ4n) is 3.58. The predicted molar refractivity (Wildman–Crippen MR) is 111 cm³/mol. The molecule has 2 N–H and O–H groups in total. The molecule has 29 heavy (non-hydrogen) atoms. The van der Waals surface area contributed by atoms with Crippen molar-refractivity contribution in [2.75, 3.05) is 35.4 Å². The fourth-order valence-corrected chi connectivity index (χ4v) is 3.58. The number of fused-ring (bicyclic) bond motifs is 1. The summed E-state index contributed by atoms with van der Waals surface area (Å²) in [5, 5.41) is 14.5. The molecule has 0 radical (unpaired) electrons. The Balaban J connectivity index is 1.26. The maximum Gasteiger partial charge on any atom is 0.249 e. The Bertz CT molecular complexity index is 989. The number of ether oxygens (including phenoxy) is 2. The van der Waals surface area contributed by atoms with Gasteiger partial charge >= 0.3 is 0 Å². The van der Waals surface area contributed by atoms with E-state index in [9.17, 15) is 0 Å². The van der Waals surface area contributed by atoms with Gasteiger partial charge < -0.3 is 25.0 Å². The molecule has 1 saturated heterocycles. The lowest BCUT2D eigenvalue weighted by Gasteiger charge is -2.28. The number of hydrogen-bond donors (Lipinski definition) is 2. The fraction of sp³-hybridized carbons (Fsp3) is 0.286. The molecule has 2 aliphatic rings. The molecule has 3 heterocycles. The zero-order valence-electron chi connectivity index (χ0n) is 16.0. The molecule has 1 aromatic heterocycles. The van der Waals surface area contributed by atoms with Crippen molar-refractivity contribution in [1.82, 2.24) is 15.2 Å². The van der Waals surface area contributed by atoms with Crippen LogP contribution in [0.25, 0.3) is 0 Å². The summed E-state index contributed by atoms with van der Waals surface area (Å²) >= 11 is 0. The predicted octanol–water partition coefficient (Wildman–Crippen LogP) is 4.08. The van der Waals surface area contributed by atoms with Crippen LogP contribution in [-0.2, 0) is 0 Å². The van der Waals surface area contributed by atoms with Gasteiger partial charge in [0.25, 0.3) is 0 Å². The second-order valence-electron chi connectivity index (χ2n) is 7.08. The molecular weight excluding hydrogens is 368 g/mol. The second-order valence-corrected chi connectivity index (χ2v) is 7.08. The van der Waals surface area contributed by atoms with Crippen molar-refractivity contribution in [3.63, 3.8) is 0 Å². The Morgan fingerprint density at radius 1 is 0.828 bits per heavy atom. The number of rotatable bonds is 5. The maximum absolute atomic E-state index is 5.41. The summed E-state index contributed by atoms with van der Waals surface area (Å²) in [5.74, 6) is 2.48. The largest absolute Gasteiger partial charge is 0.454 e. The van der Waals surface area contributed by atoms with E-state index >= 15 is 0 Å². The number of benzene rings is 2. The van der Waals surface area contributed by atoms with Crippen molar-refractivity contribution in [2.24, 2.45) is 0 Å². The molecule has 3 aromatic rings. The second kappa shape index (κ2) is 7.83. The number of nitrogens with zero attached hydrogens (tertiary/aromatic N) is 4. The van der Waals surface area contributed by atoms with Gasteiger partial charge in [0.15, 0.2) is 17.3 Å². The molecule has 0 aliphatic carbocycles. The van der Waals surface area contributed by atoms with Gasteiger partial charge in [-0.3, -0.25) is 0 Å². The standard InChI is InChI=1S/C21H22N6O2/c1-2-10-27(11-3-1)17-7-4-15(5-8-17)24-21-25-20(13-22-26-21)23-16-6-9-18-19(12-16)29-14-28-18/h4-9,12-13H,1-3,10-11,14H2,(H2,23,24,25,26). The molecule has 8 heteroatoms. The first-order valence-electron chi connectivity index (χ1n) is 9.82. The van der Waals surface area contributed by atoms with Crippen LogP contribution in [0.2, 0.25) is 0 Å². The Hall–Kier alpha value is -3.55. The molecule has 0 unspecified atom stereocenters. The lowest BCUT2D eigenvalue weighted by atomic mass is 10.1. The minimum Gasteiger partial charge on any atom is -0.454 e. The normalized spacial score (nSPS) is 15.2. The molecule has 148 valence electrons. The lowest BCUT2D eigenvalue weighted by molar-refractivity contribution is 0.174. The van der Waals surface area contributed by atoms with Gasteiger partial charge in [0.2, 0.25) is 12.7 Å². The minimum atomic E-state index is 0.248. The molecular formula is C21H22N6O2. The van der Waals surface area contributed by atoms with Crippen LogP contribution >= 0.6 is 0 Å². The average molecular weight is 390 g/mol. The summed E-state index contributed by atoms with van der Waals surface area (Å²) in [5.41, 5.74) is 3.02. The number of nitrogens with one attached hydrogen (secondary N) is 2. The van der Waals surface area contributed by atoms with Crippen LogP contribution in [0, 0.1) is 0 Å². The summed E-state index contributed by atoms with van der Waals surface area (Å²) < 4.78 is 10.7. The van der Waals surface area contributed by atoms with E-state index in [-0.39, 0.29) is 6.79 Å². The summed E-state index contributed by atoms with van der Waals surface area (Å²) in [6.07, 6.45) is 5.44.